The zero-order chi connectivity index (χ0) is 37.1. The van der Waals surface area contributed by atoms with Crippen molar-refractivity contribution in [1.29, 1.82) is 0 Å². The van der Waals surface area contributed by atoms with Crippen LogP contribution in [-0.2, 0) is 24.1 Å². The quantitative estimate of drug-likeness (QED) is 0.103. The Labute approximate surface area is 301 Å². The van der Waals surface area contributed by atoms with E-state index in [1.54, 1.807) is 4.90 Å². The molecule has 1 aliphatic carbocycles. The summed E-state index contributed by atoms with van der Waals surface area (Å²) in [7, 11) is 0. The molecule has 0 atom stereocenters. The number of hydrogen-bond donors (Lipinski definition) is 3. The van der Waals surface area contributed by atoms with E-state index in [1.165, 1.54) is 9.80 Å². The number of hydrogen-bond acceptors (Lipinski definition) is 10. The van der Waals surface area contributed by atoms with Crippen molar-refractivity contribution in [3.8, 4) is 11.5 Å². The van der Waals surface area contributed by atoms with Crippen molar-refractivity contribution in [2.24, 2.45) is 0 Å². The minimum Gasteiger partial charge on any atom is -0.494 e. The lowest BCUT2D eigenvalue weighted by Gasteiger charge is -2.35. The Morgan fingerprint density at radius 2 is 1.40 bits per heavy atom. The number of ether oxygens (including phenoxy) is 1. The molecule has 0 bridgehead atoms. The first-order valence-electron chi connectivity index (χ1n) is 17.6. The number of aliphatic hydroxyl groups excluding tert-OH is 1. The van der Waals surface area contributed by atoms with Crippen LogP contribution in [0, 0.1) is 0 Å². The summed E-state index contributed by atoms with van der Waals surface area (Å²) in [6, 6.07) is 20.3. The van der Waals surface area contributed by atoms with Gasteiger partial charge in [-0.3, -0.25) is 19.3 Å². The average molecular weight is 708 g/mol. The van der Waals surface area contributed by atoms with Gasteiger partial charge < -0.3 is 29.4 Å². The predicted molar refractivity (Wildman–Crippen MR) is 195 cm³/mol. The molecule has 6 rings (SSSR count). The maximum absolute atomic E-state index is 13.3. The molecule has 1 amide bonds. The Morgan fingerprint density at radius 3 is 2.06 bits per heavy atom. The molecule has 3 aromatic carbocycles. The van der Waals surface area contributed by atoms with Gasteiger partial charge in [-0.2, -0.15) is 5.26 Å². The van der Waals surface area contributed by atoms with Crippen molar-refractivity contribution in [1.82, 2.24) is 9.80 Å². The Balaban J connectivity index is 1.38. The van der Waals surface area contributed by atoms with E-state index in [1.807, 2.05) is 24.3 Å². The predicted octanol–water partition coefficient (Wildman–Crippen LogP) is 2.23. The number of allylic oxidation sites excluding steroid dienone is 2. The highest BCUT2D eigenvalue weighted by Gasteiger charge is 2.33. The van der Waals surface area contributed by atoms with Crippen LogP contribution in [0.1, 0.15) is 38.8 Å². The zero-order valence-corrected chi connectivity index (χ0v) is 29.8. The Bertz CT molecular complexity index is 2060. The van der Waals surface area contributed by atoms with Gasteiger partial charge in [-0.05, 0) is 63.2 Å². The van der Waals surface area contributed by atoms with Gasteiger partial charge in [-0.1, -0.05) is 18.2 Å². The lowest BCUT2D eigenvalue weighted by Crippen LogP contribution is -3.06. The van der Waals surface area contributed by atoms with Crippen LogP contribution in [0.5, 0.6) is 11.5 Å². The Morgan fingerprint density at radius 1 is 0.808 bits per heavy atom. The highest BCUT2D eigenvalue weighted by atomic mass is 17.1. The SMILES string of the molecule is CCN(CC)c1ccc2c(c1)Oc1cc([NH+](CC)CC)ccc1C2=c1ccccc1=C(O)N1CCN(C(=O)C2=CC(=O)C(C(=O)OO)=CC2=O)CC1. The highest BCUT2D eigenvalue weighted by molar-refractivity contribution is 6.36. The lowest BCUT2D eigenvalue weighted by molar-refractivity contribution is -0.828. The first kappa shape index (κ1) is 36.1. The second kappa shape index (κ2) is 15.3. The number of aliphatic hydroxyl groups is 1. The van der Waals surface area contributed by atoms with E-state index < -0.39 is 29.0 Å². The molecular formula is C40H43N4O8+. The van der Waals surface area contributed by atoms with Crippen molar-refractivity contribution in [3.05, 3.63) is 106 Å². The van der Waals surface area contributed by atoms with Crippen LogP contribution in [0.25, 0.3) is 11.5 Å². The normalized spacial score (nSPS) is 17.1. The maximum Gasteiger partial charge on any atom is 0.376 e. The molecule has 1 saturated heterocycles. The van der Waals surface area contributed by atoms with Gasteiger partial charge >= 0.3 is 5.97 Å². The molecule has 3 N–H and O–H groups in total. The van der Waals surface area contributed by atoms with E-state index in [2.05, 4.69) is 73.9 Å². The summed E-state index contributed by atoms with van der Waals surface area (Å²) in [6.45, 7) is 13.0. The van der Waals surface area contributed by atoms with Gasteiger partial charge in [-0.15, -0.1) is 0 Å². The molecule has 0 aromatic heterocycles. The molecule has 2 heterocycles. The van der Waals surface area contributed by atoms with Gasteiger partial charge in [0.1, 0.15) is 22.8 Å². The van der Waals surface area contributed by atoms with Gasteiger partial charge in [-0.25, -0.2) is 4.79 Å². The minimum absolute atomic E-state index is 0.0481. The highest BCUT2D eigenvalue weighted by Crippen LogP contribution is 2.44. The molecule has 0 saturated carbocycles. The number of benzene rings is 3. The van der Waals surface area contributed by atoms with Crippen LogP contribution in [-0.4, -0.2) is 96.0 Å². The Hall–Kier alpha value is -5.72. The van der Waals surface area contributed by atoms with Gasteiger partial charge in [0.25, 0.3) is 5.91 Å². The summed E-state index contributed by atoms with van der Waals surface area (Å²) in [5, 5.41) is 21.9. The fourth-order valence-corrected chi connectivity index (χ4v) is 7.13. The number of nitrogens with one attached hydrogen (secondary N) is 1. The minimum atomic E-state index is -1.37. The number of piperazine rings is 1. The van der Waals surface area contributed by atoms with E-state index >= 15 is 0 Å². The topological polar surface area (TPSA) is 141 Å². The maximum atomic E-state index is 13.3. The number of rotatable bonds is 9. The molecule has 270 valence electrons. The fraction of sp³-hybridized carbons (Fsp3) is 0.300. The smallest absolute Gasteiger partial charge is 0.376 e. The van der Waals surface area contributed by atoms with Crippen LogP contribution in [0.15, 0.2) is 84.0 Å². The van der Waals surface area contributed by atoms with E-state index in [-0.39, 0.29) is 37.6 Å². The van der Waals surface area contributed by atoms with Crippen molar-refractivity contribution in [3.63, 3.8) is 0 Å². The average Bonchev–Trinajstić information content (AvgIpc) is 3.17. The molecule has 52 heavy (non-hydrogen) atoms. The van der Waals surface area contributed by atoms with E-state index in [4.69, 9.17) is 9.99 Å². The number of anilines is 1. The van der Waals surface area contributed by atoms with E-state index in [0.29, 0.717) is 11.3 Å². The first-order valence-corrected chi connectivity index (χ1v) is 17.6. The van der Waals surface area contributed by atoms with Crippen LogP contribution in [0.3, 0.4) is 0 Å². The molecule has 3 aliphatic rings. The number of ketones is 2. The third kappa shape index (κ3) is 6.70. The summed E-state index contributed by atoms with van der Waals surface area (Å²) >= 11 is 0. The number of fused-ring (bicyclic) bond motifs is 2. The van der Waals surface area contributed by atoms with Gasteiger partial charge in [0.05, 0.1) is 18.7 Å². The van der Waals surface area contributed by atoms with Crippen LogP contribution >= 0.6 is 0 Å². The molecule has 0 spiro atoms. The van der Waals surface area contributed by atoms with Crippen molar-refractivity contribution < 1.29 is 44.1 Å². The standard InChI is InChI=1S/C40H42N4O8/c1-5-41(6-2)25-13-15-29-35(21-25)51-36-22-26(42(7-3)8-4)14-16-30(36)37(29)27-11-9-10-12-28(27)38(47)43-17-19-44(20-18-43)39(48)31-23-34(46)32(24-33(31)45)40(49)52-50/h9-16,21-24,47,50H,5-8,17-20H2,1-4H3/p+1. The molecule has 2 aliphatic heterocycles. The zero-order valence-electron chi connectivity index (χ0n) is 29.8. The number of carbonyl (C=O) groups excluding carboxylic acids is 4. The van der Waals surface area contributed by atoms with Crippen molar-refractivity contribution >= 4 is 46.3 Å². The molecule has 3 aromatic rings. The second-order valence-electron chi connectivity index (χ2n) is 12.7. The van der Waals surface area contributed by atoms with Gasteiger partial charge in [0.15, 0.2) is 17.4 Å². The van der Waals surface area contributed by atoms with Crippen LogP contribution < -0.4 is 25.0 Å². The molecule has 1 fully saturated rings. The summed E-state index contributed by atoms with van der Waals surface area (Å²) in [4.78, 5) is 60.3. The molecule has 0 unspecified atom stereocenters. The summed E-state index contributed by atoms with van der Waals surface area (Å²) in [6.07, 6.45) is 1.49. The van der Waals surface area contributed by atoms with E-state index in [9.17, 15) is 24.3 Å². The largest absolute Gasteiger partial charge is 0.494 e. The van der Waals surface area contributed by atoms with Crippen molar-refractivity contribution in [2.75, 3.05) is 57.3 Å². The lowest BCUT2D eigenvalue weighted by atomic mass is 9.90. The number of carbonyl (C=O) groups is 4. The summed E-state index contributed by atoms with van der Waals surface area (Å²) < 4.78 is 6.66. The van der Waals surface area contributed by atoms with Gasteiger partial charge in [0.2, 0.25) is 0 Å². The molecule has 12 heteroatoms. The Kier molecular flexibility index (Phi) is 10.6. The second-order valence-corrected chi connectivity index (χ2v) is 12.7. The first-order chi connectivity index (χ1) is 25.1. The monoisotopic (exact) mass is 707 g/mol. The van der Waals surface area contributed by atoms with E-state index in [0.717, 1.165) is 77.0 Å². The molecular weight excluding hydrogens is 664 g/mol. The third-order valence-electron chi connectivity index (χ3n) is 10.0. The molecule has 12 nitrogen and oxygen atoms in total. The fourth-order valence-electron chi connectivity index (χ4n) is 7.13. The summed E-state index contributed by atoms with van der Waals surface area (Å²) in [5.41, 5.74) is 3.92. The third-order valence-corrected chi connectivity index (χ3v) is 10.0. The molecule has 0 radical (unpaired) electrons. The van der Waals surface area contributed by atoms with Gasteiger partial charge in [0, 0.05) is 91.2 Å². The number of quaternary nitrogens is 1. The van der Waals surface area contributed by atoms with Crippen molar-refractivity contribution in [2.45, 2.75) is 27.7 Å². The van der Waals surface area contributed by atoms with Crippen LogP contribution in [0.2, 0.25) is 0 Å². The number of nitrogens with zero attached hydrogens (tertiary/aromatic N) is 3. The number of amides is 1. The van der Waals surface area contributed by atoms with Crippen LogP contribution in [0.4, 0.5) is 11.4 Å². The summed E-state index contributed by atoms with van der Waals surface area (Å²) in [5.74, 6) is -2.25.